The molecule has 0 fully saturated rings. The Kier molecular flexibility index (Phi) is 5.56. The number of rotatable bonds is 7. The van der Waals surface area contributed by atoms with Crippen molar-refractivity contribution in [2.24, 2.45) is 0 Å². The number of para-hydroxylation sites is 2. The highest BCUT2D eigenvalue weighted by atomic mass is 16.5. The zero-order valence-corrected chi connectivity index (χ0v) is 16.4. The van der Waals surface area contributed by atoms with Gasteiger partial charge in [0.1, 0.15) is 23.2 Å². The van der Waals surface area contributed by atoms with E-state index in [2.05, 4.69) is 15.5 Å². The Hall–Kier alpha value is -3.94. The lowest BCUT2D eigenvalue weighted by Crippen LogP contribution is -2.23. The predicted molar refractivity (Wildman–Crippen MR) is 112 cm³/mol. The summed E-state index contributed by atoms with van der Waals surface area (Å²) in [5.74, 6) is 0.369. The van der Waals surface area contributed by atoms with Crippen molar-refractivity contribution in [1.82, 2.24) is 14.7 Å². The monoisotopic (exact) mass is 404 g/mol. The summed E-state index contributed by atoms with van der Waals surface area (Å²) in [6.07, 6.45) is 1.46. The molecule has 2 aromatic carbocycles. The highest BCUT2D eigenvalue weighted by Gasteiger charge is 2.17. The minimum atomic E-state index is -0.303. The molecule has 1 N–H and O–H groups in total. The van der Waals surface area contributed by atoms with Gasteiger partial charge in [-0.05, 0) is 19.1 Å². The normalized spacial score (nSPS) is 10.8. The second kappa shape index (κ2) is 8.60. The van der Waals surface area contributed by atoms with E-state index in [4.69, 9.17) is 9.26 Å². The van der Waals surface area contributed by atoms with Crippen molar-refractivity contribution in [3.63, 3.8) is 0 Å². The minimum absolute atomic E-state index is 0.0967. The Morgan fingerprint density at radius 2 is 1.90 bits per heavy atom. The van der Waals surface area contributed by atoms with Crippen molar-refractivity contribution in [3.8, 4) is 17.0 Å². The Labute approximate surface area is 172 Å². The summed E-state index contributed by atoms with van der Waals surface area (Å²) in [7, 11) is 0. The fourth-order valence-electron chi connectivity index (χ4n) is 3.12. The lowest BCUT2D eigenvalue weighted by atomic mass is 10.1. The topological polar surface area (TPSA) is 99.2 Å². The molecule has 1 amide bonds. The van der Waals surface area contributed by atoms with Crippen molar-refractivity contribution >= 4 is 22.7 Å². The molecule has 0 bridgehead atoms. The second-order valence-electron chi connectivity index (χ2n) is 6.55. The van der Waals surface area contributed by atoms with E-state index in [1.165, 1.54) is 10.9 Å². The van der Waals surface area contributed by atoms with Gasteiger partial charge in [-0.25, -0.2) is 4.98 Å². The molecule has 0 saturated carbocycles. The number of hydrogen-bond acceptors (Lipinski definition) is 6. The first-order valence-corrected chi connectivity index (χ1v) is 9.59. The molecule has 0 saturated heterocycles. The SMILES string of the molecule is CCOc1ccccc1NC(=O)CCn1cnc2onc(-c3ccccc3)c2c1=O. The summed E-state index contributed by atoms with van der Waals surface area (Å²) < 4.78 is 12.1. The van der Waals surface area contributed by atoms with E-state index in [9.17, 15) is 9.59 Å². The number of ether oxygens (including phenoxy) is 1. The summed E-state index contributed by atoms with van der Waals surface area (Å²) in [6.45, 7) is 2.54. The molecule has 0 aliphatic heterocycles. The predicted octanol–water partition coefficient (Wildman–Crippen LogP) is 3.48. The molecule has 0 atom stereocenters. The third-order valence-corrected chi connectivity index (χ3v) is 4.55. The van der Waals surface area contributed by atoms with Gasteiger partial charge in [0.05, 0.1) is 12.3 Å². The molecule has 2 aromatic heterocycles. The van der Waals surface area contributed by atoms with Crippen LogP contribution in [0.25, 0.3) is 22.4 Å². The van der Waals surface area contributed by atoms with Crippen LogP contribution >= 0.6 is 0 Å². The van der Waals surface area contributed by atoms with Gasteiger partial charge < -0.3 is 14.6 Å². The molecule has 0 aliphatic rings. The molecule has 152 valence electrons. The van der Waals surface area contributed by atoms with Crippen LogP contribution in [0.4, 0.5) is 5.69 Å². The number of anilines is 1. The van der Waals surface area contributed by atoms with E-state index in [-0.39, 0.29) is 30.1 Å². The van der Waals surface area contributed by atoms with Crippen molar-refractivity contribution < 1.29 is 14.1 Å². The highest BCUT2D eigenvalue weighted by Crippen LogP contribution is 2.25. The average molecular weight is 404 g/mol. The highest BCUT2D eigenvalue weighted by molar-refractivity contribution is 5.92. The maximum absolute atomic E-state index is 13.0. The molecule has 8 heteroatoms. The standard InChI is InChI=1S/C22H20N4O4/c1-2-29-17-11-7-6-10-16(17)24-18(27)12-13-26-14-23-21-19(22(26)28)20(25-30-21)15-8-4-3-5-9-15/h3-11,14H,2,12-13H2,1H3,(H,24,27). The lowest BCUT2D eigenvalue weighted by Gasteiger charge is -2.11. The van der Waals surface area contributed by atoms with Gasteiger partial charge in [-0.15, -0.1) is 0 Å². The fourth-order valence-corrected chi connectivity index (χ4v) is 3.12. The Bertz CT molecular complexity index is 1230. The van der Waals surface area contributed by atoms with E-state index >= 15 is 0 Å². The van der Waals surface area contributed by atoms with Crippen molar-refractivity contribution in [2.45, 2.75) is 19.9 Å². The first-order chi connectivity index (χ1) is 14.7. The van der Waals surface area contributed by atoms with E-state index < -0.39 is 0 Å². The van der Waals surface area contributed by atoms with Crippen molar-refractivity contribution in [2.75, 3.05) is 11.9 Å². The van der Waals surface area contributed by atoms with Crippen LogP contribution in [0.15, 0.2) is 70.2 Å². The molecule has 8 nitrogen and oxygen atoms in total. The summed E-state index contributed by atoms with van der Waals surface area (Å²) in [6, 6.07) is 16.5. The van der Waals surface area contributed by atoms with Crippen LogP contribution in [0.5, 0.6) is 5.75 Å². The number of carbonyl (C=O) groups is 1. The Morgan fingerprint density at radius 3 is 2.70 bits per heavy atom. The molecule has 0 unspecified atom stereocenters. The number of nitrogens with zero attached hydrogens (tertiary/aromatic N) is 3. The quantitative estimate of drug-likeness (QED) is 0.506. The number of amides is 1. The zero-order chi connectivity index (χ0) is 20.9. The van der Waals surface area contributed by atoms with E-state index in [1.807, 2.05) is 49.4 Å². The van der Waals surface area contributed by atoms with Crippen LogP contribution in [-0.2, 0) is 11.3 Å². The third-order valence-electron chi connectivity index (χ3n) is 4.55. The zero-order valence-electron chi connectivity index (χ0n) is 16.4. The number of aryl methyl sites for hydroxylation is 1. The molecule has 0 radical (unpaired) electrons. The van der Waals surface area contributed by atoms with Crippen LogP contribution < -0.4 is 15.6 Å². The first kappa shape index (κ1) is 19.4. The number of nitrogens with one attached hydrogen (secondary N) is 1. The minimum Gasteiger partial charge on any atom is -0.492 e. The van der Waals surface area contributed by atoms with Crippen LogP contribution in [0.1, 0.15) is 13.3 Å². The van der Waals surface area contributed by atoms with Gasteiger partial charge in [0.15, 0.2) is 0 Å². The van der Waals surface area contributed by atoms with Gasteiger partial charge >= 0.3 is 0 Å². The Morgan fingerprint density at radius 1 is 1.13 bits per heavy atom. The number of fused-ring (bicyclic) bond motifs is 1. The number of aromatic nitrogens is 3. The summed E-state index contributed by atoms with van der Waals surface area (Å²) >= 11 is 0. The average Bonchev–Trinajstić information content (AvgIpc) is 3.20. The largest absolute Gasteiger partial charge is 0.492 e. The first-order valence-electron chi connectivity index (χ1n) is 9.59. The molecule has 2 heterocycles. The third kappa shape index (κ3) is 3.93. The maximum atomic E-state index is 13.0. The number of hydrogen-bond donors (Lipinski definition) is 1. The van der Waals surface area contributed by atoms with Gasteiger partial charge in [-0.3, -0.25) is 14.2 Å². The molecule has 0 aliphatic carbocycles. The molecular formula is C22H20N4O4. The summed E-state index contributed by atoms with van der Waals surface area (Å²) in [4.78, 5) is 29.6. The van der Waals surface area contributed by atoms with E-state index in [0.29, 0.717) is 29.1 Å². The molecule has 4 aromatic rings. The van der Waals surface area contributed by atoms with Gasteiger partial charge in [-0.1, -0.05) is 47.6 Å². The number of benzene rings is 2. The molecule has 4 rings (SSSR count). The molecular weight excluding hydrogens is 384 g/mol. The van der Waals surface area contributed by atoms with E-state index in [1.54, 1.807) is 12.1 Å². The molecule has 0 spiro atoms. The van der Waals surface area contributed by atoms with Gasteiger partial charge in [0.25, 0.3) is 11.3 Å². The van der Waals surface area contributed by atoms with Crippen molar-refractivity contribution in [1.29, 1.82) is 0 Å². The van der Waals surface area contributed by atoms with Crippen LogP contribution in [0.2, 0.25) is 0 Å². The number of carbonyl (C=O) groups excluding carboxylic acids is 1. The fraction of sp³-hybridized carbons (Fsp3) is 0.182. The Balaban J connectivity index is 1.53. The van der Waals surface area contributed by atoms with E-state index in [0.717, 1.165) is 5.56 Å². The second-order valence-corrected chi connectivity index (χ2v) is 6.55. The van der Waals surface area contributed by atoms with Crippen LogP contribution in [-0.4, -0.2) is 27.2 Å². The maximum Gasteiger partial charge on any atom is 0.266 e. The van der Waals surface area contributed by atoms with Crippen molar-refractivity contribution in [3.05, 3.63) is 71.3 Å². The summed E-state index contributed by atoms with van der Waals surface area (Å²) in [5.41, 5.74) is 1.66. The smallest absolute Gasteiger partial charge is 0.266 e. The van der Waals surface area contributed by atoms with Crippen LogP contribution in [0.3, 0.4) is 0 Å². The van der Waals surface area contributed by atoms with Gasteiger partial charge in [0, 0.05) is 18.5 Å². The summed E-state index contributed by atoms with van der Waals surface area (Å²) in [5, 5.41) is 7.12. The van der Waals surface area contributed by atoms with Gasteiger partial charge in [0.2, 0.25) is 5.91 Å². The van der Waals surface area contributed by atoms with Crippen LogP contribution in [0, 0.1) is 0 Å². The van der Waals surface area contributed by atoms with Gasteiger partial charge in [-0.2, -0.15) is 0 Å². The lowest BCUT2D eigenvalue weighted by molar-refractivity contribution is -0.116. The molecule has 30 heavy (non-hydrogen) atoms.